The minimum atomic E-state index is -0.727. The van der Waals surface area contributed by atoms with Crippen LogP contribution in [0.3, 0.4) is 0 Å². The number of nitrogens with zero attached hydrogens (tertiary/aromatic N) is 3. The van der Waals surface area contributed by atoms with Crippen LogP contribution in [0, 0.1) is 5.82 Å². The zero-order valence-corrected chi connectivity index (χ0v) is 17.0. The van der Waals surface area contributed by atoms with Crippen LogP contribution in [0.25, 0.3) is 0 Å². The molecule has 9 heteroatoms. The van der Waals surface area contributed by atoms with Crippen LogP contribution < -0.4 is 10.6 Å². The van der Waals surface area contributed by atoms with Crippen LogP contribution in [-0.4, -0.2) is 86.3 Å². The van der Waals surface area contributed by atoms with E-state index >= 15 is 0 Å². The highest BCUT2D eigenvalue weighted by Crippen LogP contribution is 2.11. The maximum Gasteiger partial charge on any atom is 0.273 e. The maximum atomic E-state index is 13.0. The number of aliphatic hydroxyl groups excluding tert-OH is 1. The van der Waals surface area contributed by atoms with E-state index in [1.165, 1.54) is 12.1 Å². The third-order valence-electron chi connectivity index (χ3n) is 4.68. The molecule has 0 saturated carbocycles. The summed E-state index contributed by atoms with van der Waals surface area (Å²) in [6.45, 7) is 2.53. The number of aldehydes is 1. The average Bonchev–Trinajstić information content (AvgIpc) is 2.70. The first kappa shape index (κ1) is 22.5. The number of nitrogens with one attached hydrogen (secondary N) is 2. The second-order valence-electron chi connectivity index (χ2n) is 7.05. The zero-order chi connectivity index (χ0) is 21.4. The summed E-state index contributed by atoms with van der Waals surface area (Å²) in [6.07, 6.45) is 0.676. The summed E-state index contributed by atoms with van der Waals surface area (Å²) >= 11 is 0. The van der Waals surface area contributed by atoms with Gasteiger partial charge in [-0.2, -0.15) is 0 Å². The molecule has 1 fully saturated rings. The summed E-state index contributed by atoms with van der Waals surface area (Å²) in [6, 6.07) is 5.86. The number of benzene rings is 1. The number of allylic oxidation sites excluding steroid dienone is 1. The number of carbonyl (C=O) groups is 2. The lowest BCUT2D eigenvalue weighted by molar-refractivity contribution is -0.118. The fourth-order valence-corrected chi connectivity index (χ4v) is 3.02. The molecule has 0 bridgehead atoms. The quantitative estimate of drug-likeness (QED) is 0.199. The largest absolute Gasteiger partial charge is 0.503 e. The molecule has 1 aliphatic rings. The standard InChI is InChI=1S/C20H28FN5O3/c1-25(2)19(16-12-22-10-11-26(16)3)24-18(17(28)13-27)20(29)23-9-8-14-4-6-15(21)7-5-14/h4-7,13,16,22,28H,8-12H2,1-3H3,(H,23,29)/b18-17+,24-19?. The number of amidine groups is 1. The summed E-state index contributed by atoms with van der Waals surface area (Å²) in [4.78, 5) is 32.0. The van der Waals surface area contributed by atoms with Crippen molar-refractivity contribution in [3.8, 4) is 0 Å². The molecule has 0 radical (unpaired) electrons. The summed E-state index contributed by atoms with van der Waals surface area (Å²) in [5.74, 6) is -1.15. The summed E-state index contributed by atoms with van der Waals surface area (Å²) in [5.41, 5.74) is 0.519. The van der Waals surface area contributed by atoms with Crippen LogP contribution in [0.15, 0.2) is 40.7 Å². The van der Waals surface area contributed by atoms with E-state index in [0.29, 0.717) is 18.8 Å². The molecule has 1 unspecified atom stereocenters. The molecule has 158 valence electrons. The van der Waals surface area contributed by atoms with Gasteiger partial charge in [-0.25, -0.2) is 9.38 Å². The lowest BCUT2D eigenvalue weighted by Gasteiger charge is -2.36. The molecule has 8 nitrogen and oxygen atoms in total. The van der Waals surface area contributed by atoms with Crippen LogP contribution in [0.1, 0.15) is 5.56 Å². The Bertz CT molecular complexity index is 777. The van der Waals surface area contributed by atoms with E-state index in [9.17, 15) is 19.1 Å². The fourth-order valence-electron chi connectivity index (χ4n) is 3.02. The Morgan fingerprint density at radius 3 is 2.69 bits per heavy atom. The molecule has 1 aromatic rings. The van der Waals surface area contributed by atoms with Gasteiger partial charge >= 0.3 is 0 Å². The van der Waals surface area contributed by atoms with E-state index in [0.717, 1.165) is 18.7 Å². The Morgan fingerprint density at radius 2 is 2.10 bits per heavy atom. The molecule has 29 heavy (non-hydrogen) atoms. The van der Waals surface area contributed by atoms with Gasteiger partial charge in [0.25, 0.3) is 5.91 Å². The first-order valence-electron chi connectivity index (χ1n) is 9.41. The van der Waals surface area contributed by atoms with Crippen molar-refractivity contribution in [3.05, 3.63) is 47.1 Å². The van der Waals surface area contributed by atoms with Gasteiger partial charge in [-0.15, -0.1) is 0 Å². The number of amides is 1. The molecule has 3 N–H and O–H groups in total. The summed E-state index contributed by atoms with van der Waals surface area (Å²) < 4.78 is 13.0. The van der Waals surface area contributed by atoms with Crippen LogP contribution >= 0.6 is 0 Å². The van der Waals surface area contributed by atoms with Crippen molar-refractivity contribution in [2.24, 2.45) is 4.99 Å². The maximum absolute atomic E-state index is 13.0. The molecule has 1 amide bonds. The van der Waals surface area contributed by atoms with Crippen molar-refractivity contribution in [2.45, 2.75) is 12.5 Å². The van der Waals surface area contributed by atoms with E-state index in [2.05, 4.69) is 20.5 Å². The predicted octanol–water partition coefficient (Wildman–Crippen LogP) is 0.317. The second kappa shape index (κ2) is 10.7. The van der Waals surface area contributed by atoms with Crippen molar-refractivity contribution >= 4 is 18.0 Å². The molecule has 0 aromatic heterocycles. The SMILES string of the molecule is CN(C)C(=N/C(C(=O)NCCc1ccc(F)cc1)=C(/O)C=O)C1CNCCN1C. The van der Waals surface area contributed by atoms with Crippen molar-refractivity contribution in [3.63, 3.8) is 0 Å². The zero-order valence-electron chi connectivity index (χ0n) is 17.0. The first-order chi connectivity index (χ1) is 13.8. The highest BCUT2D eigenvalue weighted by Gasteiger charge is 2.27. The molecule has 1 aliphatic heterocycles. The van der Waals surface area contributed by atoms with E-state index < -0.39 is 11.7 Å². The Kier molecular flexibility index (Phi) is 8.29. The molecular formula is C20H28FN5O3. The monoisotopic (exact) mass is 405 g/mol. The van der Waals surface area contributed by atoms with E-state index in [4.69, 9.17) is 0 Å². The van der Waals surface area contributed by atoms with Gasteiger partial charge in [-0.1, -0.05) is 12.1 Å². The first-order valence-corrected chi connectivity index (χ1v) is 9.41. The normalized spacial score (nSPS) is 18.8. The Labute approximate surface area is 170 Å². The summed E-state index contributed by atoms with van der Waals surface area (Å²) in [5, 5.41) is 15.9. The molecule has 1 atom stereocenters. The number of hydrogen-bond acceptors (Lipinski definition) is 6. The molecular weight excluding hydrogens is 377 g/mol. The van der Waals surface area contributed by atoms with Crippen LogP contribution in [0.2, 0.25) is 0 Å². The van der Waals surface area contributed by atoms with Gasteiger partial charge < -0.3 is 20.6 Å². The number of halogens is 1. The second-order valence-corrected chi connectivity index (χ2v) is 7.05. The lowest BCUT2D eigenvalue weighted by atomic mass is 10.1. The van der Waals surface area contributed by atoms with Gasteiger partial charge in [0.05, 0.1) is 6.04 Å². The van der Waals surface area contributed by atoms with Crippen molar-refractivity contribution < 1.29 is 19.1 Å². The van der Waals surface area contributed by atoms with Gasteiger partial charge in [0, 0.05) is 40.3 Å². The Balaban J connectivity index is 2.16. The highest BCUT2D eigenvalue weighted by atomic mass is 19.1. The Hall–Kier alpha value is -2.78. The highest BCUT2D eigenvalue weighted by molar-refractivity contribution is 6.01. The number of aliphatic imine (C=N–C) groups is 1. The smallest absolute Gasteiger partial charge is 0.273 e. The molecule has 2 rings (SSSR count). The molecule has 1 saturated heterocycles. The van der Waals surface area contributed by atoms with Gasteiger partial charge in [0.2, 0.25) is 0 Å². The van der Waals surface area contributed by atoms with Gasteiger partial charge in [0.1, 0.15) is 11.7 Å². The molecule has 1 heterocycles. The Morgan fingerprint density at radius 1 is 1.41 bits per heavy atom. The number of aliphatic hydroxyl groups is 1. The molecule has 0 aliphatic carbocycles. The van der Waals surface area contributed by atoms with Crippen molar-refractivity contribution in [2.75, 3.05) is 47.3 Å². The van der Waals surface area contributed by atoms with Crippen LogP contribution in [0.4, 0.5) is 4.39 Å². The third-order valence-corrected chi connectivity index (χ3v) is 4.68. The molecule has 1 aromatic carbocycles. The third kappa shape index (κ3) is 6.37. The van der Waals surface area contributed by atoms with E-state index in [1.807, 2.05) is 7.05 Å². The van der Waals surface area contributed by atoms with Gasteiger partial charge in [0.15, 0.2) is 17.7 Å². The number of piperazine rings is 1. The number of carbonyl (C=O) groups excluding carboxylic acids is 2. The van der Waals surface area contributed by atoms with Crippen molar-refractivity contribution in [1.29, 1.82) is 0 Å². The van der Waals surface area contributed by atoms with Crippen LogP contribution in [0.5, 0.6) is 0 Å². The van der Waals surface area contributed by atoms with E-state index in [-0.39, 0.29) is 30.4 Å². The summed E-state index contributed by atoms with van der Waals surface area (Å²) in [7, 11) is 5.54. The van der Waals surface area contributed by atoms with Crippen LogP contribution in [-0.2, 0) is 16.0 Å². The average molecular weight is 405 g/mol. The van der Waals surface area contributed by atoms with Gasteiger partial charge in [-0.05, 0) is 31.2 Å². The fraction of sp³-hybridized carbons (Fsp3) is 0.450. The number of hydrogen-bond donors (Lipinski definition) is 3. The van der Waals surface area contributed by atoms with E-state index in [1.54, 1.807) is 31.1 Å². The van der Waals surface area contributed by atoms with Gasteiger partial charge in [-0.3, -0.25) is 14.5 Å². The lowest BCUT2D eigenvalue weighted by Crippen LogP contribution is -2.56. The predicted molar refractivity (Wildman–Crippen MR) is 109 cm³/mol. The minimum absolute atomic E-state index is 0.111. The number of rotatable bonds is 7. The number of likely N-dealkylation sites (N-methyl/N-ethyl adjacent to an activating group) is 2. The molecule has 0 spiro atoms. The minimum Gasteiger partial charge on any atom is -0.503 e. The van der Waals surface area contributed by atoms with Crippen molar-refractivity contribution in [1.82, 2.24) is 20.4 Å². The topological polar surface area (TPSA) is 97.3 Å².